The van der Waals surface area contributed by atoms with E-state index in [-0.39, 0.29) is 5.92 Å². The summed E-state index contributed by atoms with van der Waals surface area (Å²) in [4.78, 5) is 11.3. The normalized spacial score (nSPS) is 14.5. The predicted octanol–water partition coefficient (Wildman–Crippen LogP) is 1.89. The molecule has 1 atom stereocenters. The Morgan fingerprint density at radius 2 is 2.15 bits per heavy atom. The molecule has 0 saturated heterocycles. The Kier molecular flexibility index (Phi) is 6.32. The van der Waals surface area contributed by atoms with Gasteiger partial charge in [-0.3, -0.25) is 0 Å². The van der Waals surface area contributed by atoms with Crippen molar-refractivity contribution in [3.8, 4) is 0 Å². The van der Waals surface area contributed by atoms with Crippen LogP contribution in [0.5, 0.6) is 0 Å². The third-order valence-electron chi connectivity index (χ3n) is 1.58. The molecule has 0 aliphatic heterocycles. The van der Waals surface area contributed by atoms with Crippen LogP contribution in [-0.4, -0.2) is 23.8 Å². The van der Waals surface area contributed by atoms with Crippen molar-refractivity contribution in [1.82, 2.24) is 0 Å². The molecule has 0 rings (SSSR count). The molecule has 0 bridgehead atoms. The van der Waals surface area contributed by atoms with Gasteiger partial charge in [-0.05, 0) is 16.9 Å². The van der Waals surface area contributed by atoms with Gasteiger partial charge in [0.05, 0.1) is 18.3 Å². The third kappa shape index (κ3) is 4.08. The number of hydrogen-bond donors (Lipinski definition) is 1. The Labute approximate surface area is 92.3 Å². The lowest BCUT2D eigenvalue weighted by Gasteiger charge is -2.16. The number of carbonyl (C=O) groups excluding carboxylic acids is 1. The third-order valence-corrected chi connectivity index (χ3v) is 2.25. The number of aliphatic hydroxyl groups is 1. The van der Waals surface area contributed by atoms with Gasteiger partial charge in [0.2, 0.25) is 0 Å². The van der Waals surface area contributed by atoms with Gasteiger partial charge < -0.3 is 9.84 Å². The van der Waals surface area contributed by atoms with E-state index in [9.17, 15) is 9.90 Å². The summed E-state index contributed by atoms with van der Waals surface area (Å²) < 4.78 is 6.36. The van der Waals surface area contributed by atoms with Gasteiger partial charge in [0.25, 0.3) is 0 Å². The molecule has 0 amide bonds. The van der Waals surface area contributed by atoms with Crippen LogP contribution in [0, 0.1) is 5.92 Å². The highest BCUT2D eigenvalue weighted by atomic mass is 127. The van der Waals surface area contributed by atoms with Gasteiger partial charge in [0.1, 0.15) is 0 Å². The highest BCUT2D eigenvalue weighted by Crippen LogP contribution is 2.15. The highest BCUT2D eigenvalue weighted by Gasteiger charge is 2.21. The van der Waals surface area contributed by atoms with Crippen molar-refractivity contribution >= 4 is 28.6 Å². The van der Waals surface area contributed by atoms with Crippen molar-refractivity contribution in [2.75, 3.05) is 6.61 Å². The predicted molar refractivity (Wildman–Crippen MR) is 59.6 cm³/mol. The first-order valence-electron chi connectivity index (χ1n) is 4.20. The molecule has 13 heavy (non-hydrogen) atoms. The molecule has 0 radical (unpaired) electrons. The highest BCUT2D eigenvalue weighted by molar-refractivity contribution is 14.1. The number of esters is 1. The smallest absolute Gasteiger partial charge is 0.337 e. The summed E-state index contributed by atoms with van der Waals surface area (Å²) in [6, 6.07) is 0. The molecule has 0 aliphatic carbocycles. The average Bonchev–Trinajstić information content (AvgIpc) is 2.05. The van der Waals surface area contributed by atoms with Crippen LogP contribution in [0.4, 0.5) is 0 Å². The van der Waals surface area contributed by atoms with E-state index in [1.165, 1.54) is 0 Å². The summed E-state index contributed by atoms with van der Waals surface area (Å²) in [5, 5.41) is 9.61. The number of halogens is 1. The topological polar surface area (TPSA) is 46.5 Å². The SMILES string of the molecule is CCOC(=O)/C(=C\I)[C@@H](O)C(C)C. The quantitative estimate of drug-likeness (QED) is 0.490. The first-order chi connectivity index (χ1) is 6.04. The zero-order valence-electron chi connectivity index (χ0n) is 8.08. The van der Waals surface area contributed by atoms with E-state index in [4.69, 9.17) is 4.74 Å². The van der Waals surface area contributed by atoms with Gasteiger partial charge in [0, 0.05) is 0 Å². The van der Waals surface area contributed by atoms with Crippen molar-refractivity contribution in [2.24, 2.45) is 5.92 Å². The van der Waals surface area contributed by atoms with E-state index in [0.717, 1.165) is 0 Å². The second kappa shape index (κ2) is 6.37. The zero-order valence-corrected chi connectivity index (χ0v) is 10.2. The molecule has 0 fully saturated rings. The molecular formula is C9H15IO3. The van der Waals surface area contributed by atoms with E-state index < -0.39 is 12.1 Å². The Morgan fingerprint density at radius 1 is 1.62 bits per heavy atom. The maximum Gasteiger partial charge on any atom is 0.337 e. The molecule has 76 valence electrons. The second-order valence-corrected chi connectivity index (χ2v) is 3.60. The Hall–Kier alpha value is -0.100. The van der Waals surface area contributed by atoms with Crippen LogP contribution in [0.3, 0.4) is 0 Å². The molecule has 0 aromatic heterocycles. The van der Waals surface area contributed by atoms with Crippen LogP contribution < -0.4 is 0 Å². The van der Waals surface area contributed by atoms with Crippen molar-refractivity contribution in [1.29, 1.82) is 0 Å². The molecule has 0 aromatic rings. The van der Waals surface area contributed by atoms with E-state index in [1.54, 1.807) is 11.0 Å². The summed E-state index contributed by atoms with van der Waals surface area (Å²) in [7, 11) is 0. The van der Waals surface area contributed by atoms with Crippen molar-refractivity contribution in [2.45, 2.75) is 26.9 Å². The van der Waals surface area contributed by atoms with Crippen LogP contribution in [0.1, 0.15) is 20.8 Å². The van der Waals surface area contributed by atoms with E-state index >= 15 is 0 Å². The van der Waals surface area contributed by atoms with Gasteiger partial charge in [-0.15, -0.1) is 0 Å². The van der Waals surface area contributed by atoms with Crippen LogP contribution in [0.2, 0.25) is 0 Å². The Balaban J connectivity index is 4.44. The number of ether oxygens (including phenoxy) is 1. The zero-order chi connectivity index (χ0) is 10.4. The van der Waals surface area contributed by atoms with Crippen LogP contribution in [-0.2, 0) is 9.53 Å². The van der Waals surface area contributed by atoms with E-state index in [1.807, 2.05) is 36.4 Å². The average molecular weight is 298 g/mol. The molecule has 0 aliphatic rings. The molecule has 0 heterocycles. The van der Waals surface area contributed by atoms with Gasteiger partial charge in [-0.25, -0.2) is 4.79 Å². The summed E-state index contributed by atoms with van der Waals surface area (Å²) in [5.74, 6) is -0.413. The Morgan fingerprint density at radius 3 is 2.46 bits per heavy atom. The largest absolute Gasteiger partial charge is 0.463 e. The maximum absolute atomic E-state index is 11.3. The fourth-order valence-electron chi connectivity index (χ4n) is 0.803. The lowest BCUT2D eigenvalue weighted by molar-refractivity contribution is -0.139. The summed E-state index contributed by atoms with van der Waals surface area (Å²) >= 11 is 1.93. The lowest BCUT2D eigenvalue weighted by Crippen LogP contribution is -2.24. The second-order valence-electron chi connectivity index (χ2n) is 2.97. The van der Waals surface area contributed by atoms with E-state index in [0.29, 0.717) is 12.2 Å². The van der Waals surface area contributed by atoms with Crippen LogP contribution in [0.25, 0.3) is 0 Å². The van der Waals surface area contributed by atoms with Crippen molar-refractivity contribution in [3.63, 3.8) is 0 Å². The van der Waals surface area contributed by atoms with Crippen LogP contribution in [0.15, 0.2) is 9.66 Å². The lowest BCUT2D eigenvalue weighted by atomic mass is 10.0. The van der Waals surface area contributed by atoms with Gasteiger partial charge in [-0.2, -0.15) is 0 Å². The summed E-state index contributed by atoms with van der Waals surface area (Å²) in [6.07, 6.45) is -0.740. The fraction of sp³-hybridized carbons (Fsp3) is 0.667. The molecule has 4 heteroatoms. The molecule has 1 N–H and O–H groups in total. The summed E-state index contributed by atoms with van der Waals surface area (Å²) in [5.41, 5.74) is 0.331. The molecule has 0 spiro atoms. The molecule has 0 unspecified atom stereocenters. The Bertz CT molecular complexity index is 199. The molecule has 3 nitrogen and oxygen atoms in total. The first-order valence-corrected chi connectivity index (χ1v) is 5.44. The summed E-state index contributed by atoms with van der Waals surface area (Å²) in [6.45, 7) is 5.77. The fourth-order valence-corrected chi connectivity index (χ4v) is 1.43. The molecule has 0 aromatic carbocycles. The van der Waals surface area contributed by atoms with Crippen molar-refractivity contribution < 1.29 is 14.6 Å². The first kappa shape index (κ1) is 12.9. The molecule has 0 saturated carbocycles. The number of hydrogen-bond acceptors (Lipinski definition) is 3. The van der Waals surface area contributed by atoms with Crippen molar-refractivity contribution in [3.05, 3.63) is 9.66 Å². The number of aliphatic hydroxyl groups excluding tert-OH is 1. The number of rotatable bonds is 4. The minimum absolute atomic E-state index is 0.0189. The maximum atomic E-state index is 11.3. The van der Waals surface area contributed by atoms with Gasteiger partial charge in [0.15, 0.2) is 0 Å². The number of carbonyl (C=O) groups is 1. The minimum atomic E-state index is -0.740. The van der Waals surface area contributed by atoms with Gasteiger partial charge in [-0.1, -0.05) is 36.4 Å². The molecular weight excluding hydrogens is 283 g/mol. The standard InChI is InChI=1S/C9H15IO3/c1-4-13-9(12)7(5-10)8(11)6(2)3/h5-6,8,11H,4H2,1-3H3/b7-5-/t8-/m0/s1. The van der Waals surface area contributed by atoms with Gasteiger partial charge >= 0.3 is 5.97 Å². The monoisotopic (exact) mass is 298 g/mol. The minimum Gasteiger partial charge on any atom is -0.463 e. The van der Waals surface area contributed by atoms with Crippen LogP contribution >= 0.6 is 22.6 Å². The van der Waals surface area contributed by atoms with E-state index in [2.05, 4.69) is 0 Å².